The molecule has 0 saturated heterocycles. The number of fused-ring (bicyclic) bond motifs is 1. The lowest BCUT2D eigenvalue weighted by Gasteiger charge is -2.24. The monoisotopic (exact) mass is 398 g/mol. The number of rotatable bonds is 5. The van der Waals surface area contributed by atoms with Gasteiger partial charge < -0.3 is 9.15 Å². The fraction of sp³-hybridized carbons (Fsp3) is 0.208. The second-order valence-corrected chi connectivity index (χ2v) is 7.21. The van der Waals surface area contributed by atoms with Gasteiger partial charge in [0.05, 0.1) is 30.8 Å². The molecule has 5 rings (SSSR count). The Bertz CT molecular complexity index is 1180. The van der Waals surface area contributed by atoms with Crippen LogP contribution in [0.2, 0.25) is 0 Å². The first-order valence-electron chi connectivity index (χ1n) is 10.1. The average Bonchev–Trinajstić information content (AvgIpc) is 3.47. The number of aromatic nitrogens is 3. The number of aryl methyl sites for hydroxylation is 1. The number of hydrogen-bond acceptors (Lipinski definition) is 5. The average molecular weight is 398 g/mol. The van der Waals surface area contributed by atoms with Crippen molar-refractivity contribution in [1.82, 2.24) is 14.8 Å². The summed E-state index contributed by atoms with van der Waals surface area (Å²) in [5, 5.41) is 4.98. The molecule has 4 aromatic rings. The molecule has 3 aromatic heterocycles. The van der Waals surface area contributed by atoms with Crippen molar-refractivity contribution in [3.05, 3.63) is 84.2 Å². The van der Waals surface area contributed by atoms with Crippen LogP contribution in [0.25, 0.3) is 11.1 Å². The Labute approximate surface area is 174 Å². The predicted molar refractivity (Wildman–Crippen MR) is 115 cm³/mol. The molecule has 0 fully saturated rings. The Hall–Kier alpha value is -3.67. The predicted octanol–water partition coefficient (Wildman–Crippen LogP) is 5.22. The first kappa shape index (κ1) is 18.4. The molecular formula is C24H22N4O2. The third-order valence-electron chi connectivity index (χ3n) is 5.47. The first-order valence-corrected chi connectivity index (χ1v) is 10.1. The van der Waals surface area contributed by atoms with Crippen LogP contribution in [0.1, 0.15) is 36.4 Å². The molecule has 1 atom stereocenters. The highest BCUT2D eigenvalue weighted by Crippen LogP contribution is 2.42. The van der Waals surface area contributed by atoms with Gasteiger partial charge in [-0.15, -0.1) is 0 Å². The number of ether oxygens (including phenoxy) is 1. The Balaban J connectivity index is 1.72. The highest BCUT2D eigenvalue weighted by atomic mass is 16.5. The number of pyridine rings is 1. The molecule has 0 spiro atoms. The Morgan fingerprint density at radius 3 is 2.67 bits per heavy atom. The van der Waals surface area contributed by atoms with Gasteiger partial charge in [0.25, 0.3) is 0 Å². The smallest absolute Gasteiger partial charge is 0.159 e. The van der Waals surface area contributed by atoms with Crippen LogP contribution in [0.15, 0.2) is 76.6 Å². The largest absolute Gasteiger partial charge is 0.497 e. The molecule has 1 aliphatic rings. The second kappa shape index (κ2) is 7.63. The van der Waals surface area contributed by atoms with Gasteiger partial charge in [-0.05, 0) is 47.9 Å². The molecule has 0 amide bonds. The van der Waals surface area contributed by atoms with E-state index in [0.29, 0.717) is 6.42 Å². The van der Waals surface area contributed by atoms with E-state index in [0.717, 1.165) is 51.8 Å². The molecule has 1 aliphatic heterocycles. The zero-order valence-corrected chi connectivity index (χ0v) is 16.9. The summed E-state index contributed by atoms with van der Waals surface area (Å²) >= 11 is 0. The normalized spacial score (nSPS) is 15.5. The Kier molecular flexibility index (Phi) is 4.67. The van der Waals surface area contributed by atoms with Gasteiger partial charge in [0.15, 0.2) is 5.82 Å². The van der Waals surface area contributed by atoms with E-state index in [4.69, 9.17) is 19.2 Å². The maximum atomic E-state index is 5.69. The van der Waals surface area contributed by atoms with Crippen LogP contribution in [0, 0.1) is 0 Å². The van der Waals surface area contributed by atoms with Crippen LogP contribution >= 0.6 is 0 Å². The van der Waals surface area contributed by atoms with Gasteiger partial charge in [0.1, 0.15) is 11.5 Å². The molecule has 4 heterocycles. The quantitative estimate of drug-likeness (QED) is 0.462. The SMILES string of the molecule is CCc1nn2c(c1-c1ccc(OC)cc1)N=C(c1ccco1)C[C@@H]2c1cccnc1. The number of furan rings is 1. The van der Waals surface area contributed by atoms with Crippen LogP contribution in [0.4, 0.5) is 5.82 Å². The van der Waals surface area contributed by atoms with E-state index < -0.39 is 0 Å². The lowest BCUT2D eigenvalue weighted by atomic mass is 9.98. The summed E-state index contributed by atoms with van der Waals surface area (Å²) in [7, 11) is 1.67. The molecule has 0 N–H and O–H groups in total. The van der Waals surface area contributed by atoms with E-state index in [-0.39, 0.29) is 6.04 Å². The van der Waals surface area contributed by atoms with Crippen LogP contribution in [0.3, 0.4) is 0 Å². The van der Waals surface area contributed by atoms with Crippen LogP contribution in [-0.4, -0.2) is 27.6 Å². The maximum Gasteiger partial charge on any atom is 0.159 e. The Morgan fingerprint density at radius 2 is 2.00 bits per heavy atom. The van der Waals surface area contributed by atoms with E-state index in [1.165, 1.54) is 0 Å². The van der Waals surface area contributed by atoms with Gasteiger partial charge in [0, 0.05) is 24.4 Å². The summed E-state index contributed by atoms with van der Waals surface area (Å²) in [6, 6.07) is 16.0. The topological polar surface area (TPSA) is 65.4 Å². The van der Waals surface area contributed by atoms with Crippen molar-refractivity contribution >= 4 is 11.5 Å². The highest BCUT2D eigenvalue weighted by molar-refractivity contribution is 6.02. The third kappa shape index (κ3) is 3.10. The first-order chi connectivity index (χ1) is 14.8. The second-order valence-electron chi connectivity index (χ2n) is 7.21. The molecule has 150 valence electrons. The van der Waals surface area contributed by atoms with Gasteiger partial charge in [-0.3, -0.25) is 4.98 Å². The Morgan fingerprint density at radius 1 is 1.13 bits per heavy atom. The fourth-order valence-corrected chi connectivity index (χ4v) is 3.97. The molecule has 0 bridgehead atoms. The van der Waals surface area contributed by atoms with Gasteiger partial charge in [0.2, 0.25) is 0 Å². The minimum Gasteiger partial charge on any atom is -0.497 e. The summed E-state index contributed by atoms with van der Waals surface area (Å²) in [5.74, 6) is 2.46. The van der Waals surface area contributed by atoms with Crippen LogP contribution in [-0.2, 0) is 6.42 Å². The summed E-state index contributed by atoms with van der Waals surface area (Å²) < 4.78 is 13.1. The molecule has 0 saturated carbocycles. The number of methoxy groups -OCH3 is 1. The number of benzene rings is 1. The van der Waals surface area contributed by atoms with Crippen molar-refractivity contribution in [3.63, 3.8) is 0 Å². The molecule has 30 heavy (non-hydrogen) atoms. The van der Waals surface area contributed by atoms with E-state index >= 15 is 0 Å². The van der Waals surface area contributed by atoms with Crippen molar-refractivity contribution in [1.29, 1.82) is 0 Å². The molecule has 6 nitrogen and oxygen atoms in total. The van der Waals surface area contributed by atoms with Gasteiger partial charge in [-0.1, -0.05) is 25.1 Å². The molecule has 0 radical (unpaired) electrons. The maximum absolute atomic E-state index is 5.69. The van der Waals surface area contributed by atoms with E-state index in [2.05, 4.69) is 30.1 Å². The van der Waals surface area contributed by atoms with Crippen molar-refractivity contribution in [3.8, 4) is 16.9 Å². The minimum atomic E-state index is 0.00333. The number of nitrogens with zero attached hydrogens (tertiary/aromatic N) is 4. The lowest BCUT2D eigenvalue weighted by Crippen LogP contribution is -2.21. The lowest BCUT2D eigenvalue weighted by molar-refractivity contribution is 0.415. The van der Waals surface area contributed by atoms with E-state index in [1.807, 2.05) is 41.2 Å². The van der Waals surface area contributed by atoms with Crippen LogP contribution in [0.5, 0.6) is 5.75 Å². The minimum absolute atomic E-state index is 0.00333. The molecule has 0 aliphatic carbocycles. The summed E-state index contributed by atoms with van der Waals surface area (Å²) in [6.07, 6.45) is 6.88. The highest BCUT2D eigenvalue weighted by Gasteiger charge is 2.31. The standard InChI is InChI=1S/C24H22N4O2/c1-3-19-23(16-8-10-18(29-2)11-9-16)24-26-20(22-7-5-13-30-22)14-21(28(24)27-19)17-6-4-12-25-15-17/h4-13,15,21H,3,14H2,1-2H3/t21-/m1/s1. The summed E-state index contributed by atoms with van der Waals surface area (Å²) in [6.45, 7) is 2.12. The summed E-state index contributed by atoms with van der Waals surface area (Å²) in [5.41, 5.74) is 5.16. The van der Waals surface area contributed by atoms with Crippen molar-refractivity contribution in [2.45, 2.75) is 25.8 Å². The zero-order chi connectivity index (χ0) is 20.5. The number of hydrogen-bond donors (Lipinski definition) is 0. The van der Waals surface area contributed by atoms with E-state index in [1.54, 1.807) is 19.6 Å². The fourth-order valence-electron chi connectivity index (χ4n) is 3.97. The van der Waals surface area contributed by atoms with Crippen LogP contribution < -0.4 is 4.74 Å². The van der Waals surface area contributed by atoms with E-state index in [9.17, 15) is 0 Å². The number of aliphatic imine (C=N–C) groups is 1. The molecule has 0 unspecified atom stereocenters. The third-order valence-corrected chi connectivity index (χ3v) is 5.47. The molecular weight excluding hydrogens is 376 g/mol. The zero-order valence-electron chi connectivity index (χ0n) is 16.9. The van der Waals surface area contributed by atoms with Gasteiger partial charge in [-0.25, -0.2) is 9.67 Å². The van der Waals surface area contributed by atoms with Crippen molar-refractivity contribution < 1.29 is 9.15 Å². The van der Waals surface area contributed by atoms with Crippen molar-refractivity contribution in [2.75, 3.05) is 7.11 Å². The van der Waals surface area contributed by atoms with Gasteiger partial charge in [-0.2, -0.15) is 5.10 Å². The summed E-state index contributed by atoms with van der Waals surface area (Å²) in [4.78, 5) is 9.35. The van der Waals surface area contributed by atoms with Crippen molar-refractivity contribution in [2.24, 2.45) is 4.99 Å². The molecule has 1 aromatic carbocycles. The molecule has 6 heteroatoms. The van der Waals surface area contributed by atoms with Gasteiger partial charge >= 0.3 is 0 Å².